The van der Waals surface area contributed by atoms with E-state index in [-0.39, 0.29) is 21.1 Å². The highest BCUT2D eigenvalue weighted by Crippen LogP contribution is 2.25. The largest absolute Gasteiger partial charge is 0.480 e. The first-order valence-electron chi connectivity index (χ1n) is 9.31. The minimum atomic E-state index is -4.32. The van der Waals surface area contributed by atoms with Gasteiger partial charge in [-0.1, -0.05) is 54.6 Å². The second kappa shape index (κ2) is 9.01. The summed E-state index contributed by atoms with van der Waals surface area (Å²) in [7, 11) is -8.26. The Morgan fingerprint density at radius 2 is 1.45 bits per heavy atom. The first-order chi connectivity index (χ1) is 14.6. The van der Waals surface area contributed by atoms with Gasteiger partial charge in [-0.25, -0.2) is 16.8 Å². The molecule has 3 aromatic rings. The molecule has 0 saturated carbocycles. The number of carboxylic acids is 1. The normalized spacial score (nSPS) is 12.9. The van der Waals surface area contributed by atoms with Crippen LogP contribution in [0, 0.1) is 6.92 Å². The highest BCUT2D eigenvalue weighted by molar-refractivity contribution is 7.91. The zero-order chi connectivity index (χ0) is 22.6. The molecule has 0 radical (unpaired) electrons. The molecule has 162 valence electrons. The van der Waals surface area contributed by atoms with E-state index in [2.05, 4.69) is 4.72 Å². The summed E-state index contributed by atoms with van der Waals surface area (Å²) in [6, 6.07) is 18.6. The van der Waals surface area contributed by atoms with Crippen LogP contribution >= 0.6 is 0 Å². The van der Waals surface area contributed by atoms with Crippen LogP contribution in [0.3, 0.4) is 0 Å². The Kier molecular flexibility index (Phi) is 6.59. The van der Waals surface area contributed by atoms with Crippen LogP contribution in [-0.2, 0) is 31.1 Å². The van der Waals surface area contributed by atoms with Crippen LogP contribution in [0.15, 0.2) is 93.5 Å². The molecule has 9 heteroatoms. The van der Waals surface area contributed by atoms with Gasteiger partial charge in [-0.05, 0) is 48.7 Å². The van der Waals surface area contributed by atoms with Crippen molar-refractivity contribution in [3.63, 3.8) is 0 Å². The van der Waals surface area contributed by atoms with Gasteiger partial charge in [0, 0.05) is 0 Å². The summed E-state index contributed by atoms with van der Waals surface area (Å²) in [4.78, 5) is 11.2. The smallest absolute Gasteiger partial charge is 0.322 e. The van der Waals surface area contributed by atoms with E-state index in [0.29, 0.717) is 11.1 Å². The Morgan fingerprint density at radius 1 is 0.871 bits per heavy atom. The SMILES string of the molecule is Cc1ccc(S(=O)(=O)c2ccccc2)cc1S(=O)(=O)N[C@H](Cc1ccccc1)C(=O)O. The van der Waals surface area contributed by atoms with E-state index in [9.17, 15) is 26.7 Å². The second-order valence-electron chi connectivity index (χ2n) is 6.95. The molecule has 0 amide bonds. The summed E-state index contributed by atoms with van der Waals surface area (Å²) in [5.74, 6) is -1.34. The summed E-state index contributed by atoms with van der Waals surface area (Å²) < 4.78 is 54.0. The lowest BCUT2D eigenvalue weighted by atomic mass is 10.1. The number of carbonyl (C=O) groups is 1. The Labute approximate surface area is 181 Å². The van der Waals surface area contributed by atoms with Gasteiger partial charge in [-0.15, -0.1) is 0 Å². The van der Waals surface area contributed by atoms with Crippen LogP contribution in [0.1, 0.15) is 11.1 Å². The predicted octanol–water partition coefficient (Wildman–Crippen LogP) is 2.80. The lowest BCUT2D eigenvalue weighted by Gasteiger charge is -2.17. The molecule has 1 atom stereocenters. The second-order valence-corrected chi connectivity index (χ2v) is 10.6. The van der Waals surface area contributed by atoms with Crippen LogP contribution in [0.2, 0.25) is 0 Å². The van der Waals surface area contributed by atoms with E-state index in [1.54, 1.807) is 48.5 Å². The molecule has 0 unspecified atom stereocenters. The molecule has 2 N–H and O–H groups in total. The van der Waals surface area contributed by atoms with Gasteiger partial charge in [0.15, 0.2) is 0 Å². The van der Waals surface area contributed by atoms with Crippen molar-refractivity contribution in [2.75, 3.05) is 0 Å². The van der Waals surface area contributed by atoms with Gasteiger partial charge < -0.3 is 5.11 Å². The number of aryl methyl sites for hydroxylation is 1. The van der Waals surface area contributed by atoms with Gasteiger partial charge in [-0.2, -0.15) is 4.72 Å². The van der Waals surface area contributed by atoms with Gasteiger partial charge in [0.1, 0.15) is 6.04 Å². The number of sulfonamides is 1. The Morgan fingerprint density at radius 3 is 2.03 bits per heavy atom. The number of carboxylic acid groups (broad SMARTS) is 1. The van der Waals surface area contributed by atoms with Gasteiger partial charge in [-0.3, -0.25) is 4.79 Å². The topological polar surface area (TPSA) is 118 Å². The number of aliphatic carboxylic acids is 1. The summed E-state index contributed by atoms with van der Waals surface area (Å²) in [6.07, 6.45) is -0.0591. The van der Waals surface area contributed by atoms with Crippen molar-refractivity contribution in [2.45, 2.75) is 34.1 Å². The maximum Gasteiger partial charge on any atom is 0.322 e. The fourth-order valence-electron chi connectivity index (χ4n) is 3.05. The molecule has 3 aromatic carbocycles. The van der Waals surface area contributed by atoms with Crippen LogP contribution in [0.4, 0.5) is 0 Å². The van der Waals surface area contributed by atoms with E-state index in [1.165, 1.54) is 31.2 Å². The van der Waals surface area contributed by atoms with Crippen LogP contribution in [-0.4, -0.2) is 34.0 Å². The van der Waals surface area contributed by atoms with Gasteiger partial charge in [0.05, 0.1) is 14.7 Å². The third-order valence-corrected chi connectivity index (χ3v) is 8.07. The van der Waals surface area contributed by atoms with Crippen molar-refractivity contribution in [3.05, 3.63) is 90.0 Å². The van der Waals surface area contributed by atoms with E-state index < -0.39 is 31.9 Å². The van der Waals surface area contributed by atoms with Crippen molar-refractivity contribution < 1.29 is 26.7 Å². The Bertz CT molecular complexity index is 1290. The molecule has 0 aliphatic rings. The standard InChI is InChI=1S/C22H21NO6S2/c1-16-12-13-19(30(26,27)18-10-6-3-7-11-18)15-21(16)31(28,29)23-20(22(24)25)14-17-8-4-2-5-9-17/h2-13,15,20,23H,14H2,1H3,(H,24,25)/t20-/m1/s1. The van der Waals surface area contributed by atoms with Crippen LogP contribution in [0.25, 0.3) is 0 Å². The molecular formula is C22H21NO6S2. The van der Waals surface area contributed by atoms with Crippen molar-refractivity contribution in [3.8, 4) is 0 Å². The fraction of sp³-hybridized carbons (Fsp3) is 0.136. The van der Waals surface area contributed by atoms with Crippen molar-refractivity contribution in [1.82, 2.24) is 4.72 Å². The molecule has 0 aliphatic heterocycles. The quantitative estimate of drug-likeness (QED) is 0.535. The molecule has 0 spiro atoms. The minimum Gasteiger partial charge on any atom is -0.480 e. The molecule has 0 aromatic heterocycles. The number of benzene rings is 3. The van der Waals surface area contributed by atoms with E-state index >= 15 is 0 Å². The number of hydrogen-bond acceptors (Lipinski definition) is 5. The van der Waals surface area contributed by atoms with Crippen molar-refractivity contribution in [1.29, 1.82) is 0 Å². The average molecular weight is 460 g/mol. The number of sulfone groups is 1. The molecule has 0 fully saturated rings. The van der Waals surface area contributed by atoms with Crippen molar-refractivity contribution in [2.24, 2.45) is 0 Å². The first kappa shape index (κ1) is 22.7. The molecule has 0 aliphatic carbocycles. The van der Waals surface area contributed by atoms with Gasteiger partial charge >= 0.3 is 5.97 Å². The number of rotatable bonds is 8. The number of hydrogen-bond donors (Lipinski definition) is 2. The maximum atomic E-state index is 13.0. The molecular weight excluding hydrogens is 438 g/mol. The molecule has 3 rings (SSSR count). The van der Waals surface area contributed by atoms with Crippen LogP contribution in [0.5, 0.6) is 0 Å². The predicted molar refractivity (Wildman–Crippen MR) is 115 cm³/mol. The molecule has 7 nitrogen and oxygen atoms in total. The van der Waals surface area contributed by atoms with Gasteiger partial charge in [0.25, 0.3) is 0 Å². The van der Waals surface area contributed by atoms with Crippen LogP contribution < -0.4 is 4.72 Å². The number of nitrogens with one attached hydrogen (secondary N) is 1. The highest BCUT2D eigenvalue weighted by atomic mass is 32.2. The fourth-order valence-corrected chi connectivity index (χ4v) is 5.89. The van der Waals surface area contributed by atoms with E-state index in [4.69, 9.17) is 0 Å². The highest BCUT2D eigenvalue weighted by Gasteiger charge is 2.28. The maximum absolute atomic E-state index is 13.0. The molecule has 0 heterocycles. The molecule has 0 bridgehead atoms. The lowest BCUT2D eigenvalue weighted by Crippen LogP contribution is -2.42. The summed E-state index contributed by atoms with van der Waals surface area (Å²) >= 11 is 0. The Hall–Kier alpha value is -3.01. The lowest BCUT2D eigenvalue weighted by molar-refractivity contribution is -0.138. The molecule has 0 saturated heterocycles. The third kappa shape index (κ3) is 5.19. The minimum absolute atomic E-state index is 0.0302. The molecule has 31 heavy (non-hydrogen) atoms. The average Bonchev–Trinajstić information content (AvgIpc) is 2.74. The first-order valence-corrected chi connectivity index (χ1v) is 12.3. The monoisotopic (exact) mass is 459 g/mol. The summed E-state index contributed by atoms with van der Waals surface area (Å²) in [6.45, 7) is 1.51. The Balaban J connectivity index is 1.97. The summed E-state index contributed by atoms with van der Waals surface area (Å²) in [5.41, 5.74) is 0.943. The van der Waals surface area contributed by atoms with E-state index in [1.807, 2.05) is 0 Å². The van der Waals surface area contributed by atoms with Crippen molar-refractivity contribution >= 4 is 25.8 Å². The summed E-state index contributed by atoms with van der Waals surface area (Å²) in [5, 5.41) is 9.52. The third-order valence-electron chi connectivity index (χ3n) is 4.69. The zero-order valence-corrected chi connectivity index (χ0v) is 18.2. The zero-order valence-electron chi connectivity index (χ0n) is 16.6. The van der Waals surface area contributed by atoms with E-state index in [0.717, 1.165) is 6.07 Å². The van der Waals surface area contributed by atoms with Gasteiger partial charge in [0.2, 0.25) is 19.9 Å².